The predicted octanol–water partition coefficient (Wildman–Crippen LogP) is 1.67. The SMILES string of the molecule is Cc1ccsc1-c1nnnn1C1(C(=O)O)CCC1. The molecule has 1 N–H and O–H groups in total. The number of carboxylic acids is 1. The predicted molar refractivity (Wildman–Crippen MR) is 65.3 cm³/mol. The molecule has 7 heteroatoms. The summed E-state index contributed by atoms with van der Waals surface area (Å²) in [7, 11) is 0. The van der Waals surface area contributed by atoms with E-state index in [4.69, 9.17) is 0 Å². The number of aromatic nitrogens is 4. The molecule has 1 saturated carbocycles. The highest BCUT2D eigenvalue weighted by Crippen LogP contribution is 2.41. The van der Waals surface area contributed by atoms with Crippen molar-refractivity contribution in [2.75, 3.05) is 0 Å². The number of aliphatic carboxylic acids is 1. The van der Waals surface area contributed by atoms with Crippen molar-refractivity contribution in [3.05, 3.63) is 17.0 Å². The van der Waals surface area contributed by atoms with E-state index in [1.165, 1.54) is 16.0 Å². The molecular formula is C11H12N4O2S. The van der Waals surface area contributed by atoms with Gasteiger partial charge in [-0.15, -0.1) is 16.4 Å². The first kappa shape index (κ1) is 11.3. The Morgan fingerprint density at radius 1 is 1.56 bits per heavy atom. The highest BCUT2D eigenvalue weighted by molar-refractivity contribution is 7.13. The van der Waals surface area contributed by atoms with Crippen molar-refractivity contribution < 1.29 is 9.90 Å². The number of hydrogen-bond acceptors (Lipinski definition) is 5. The minimum atomic E-state index is -0.949. The molecule has 0 saturated heterocycles. The number of thiophene rings is 1. The van der Waals surface area contributed by atoms with E-state index in [0.29, 0.717) is 18.7 Å². The molecule has 0 radical (unpaired) electrons. The summed E-state index contributed by atoms with van der Waals surface area (Å²) < 4.78 is 1.48. The summed E-state index contributed by atoms with van der Waals surface area (Å²) in [5.41, 5.74) is 0.117. The molecule has 1 fully saturated rings. The van der Waals surface area contributed by atoms with Crippen LogP contribution in [-0.2, 0) is 10.3 Å². The van der Waals surface area contributed by atoms with Gasteiger partial charge in [-0.25, -0.2) is 9.48 Å². The van der Waals surface area contributed by atoms with E-state index in [1.54, 1.807) is 0 Å². The van der Waals surface area contributed by atoms with E-state index in [2.05, 4.69) is 15.5 Å². The molecule has 2 heterocycles. The number of nitrogens with zero attached hydrogens (tertiary/aromatic N) is 4. The number of aryl methyl sites for hydroxylation is 1. The fourth-order valence-electron chi connectivity index (χ4n) is 2.25. The van der Waals surface area contributed by atoms with Crippen LogP contribution >= 0.6 is 11.3 Å². The van der Waals surface area contributed by atoms with Gasteiger partial charge < -0.3 is 5.11 Å². The van der Waals surface area contributed by atoms with E-state index in [-0.39, 0.29) is 0 Å². The molecule has 0 aliphatic heterocycles. The Bertz CT molecular complexity index is 600. The number of carboxylic acid groups (broad SMARTS) is 1. The molecule has 3 rings (SSSR count). The van der Waals surface area contributed by atoms with Gasteiger partial charge in [-0.05, 0) is 53.6 Å². The Balaban J connectivity index is 2.13. The number of carbonyl (C=O) groups is 1. The maximum Gasteiger partial charge on any atom is 0.331 e. The lowest BCUT2D eigenvalue weighted by atomic mass is 9.77. The fraction of sp³-hybridized carbons (Fsp3) is 0.455. The average molecular weight is 264 g/mol. The van der Waals surface area contributed by atoms with Crippen molar-refractivity contribution in [2.24, 2.45) is 0 Å². The van der Waals surface area contributed by atoms with Gasteiger partial charge in [-0.2, -0.15) is 0 Å². The zero-order valence-electron chi connectivity index (χ0n) is 9.83. The third-order valence-corrected chi connectivity index (χ3v) is 4.53. The van der Waals surface area contributed by atoms with Crippen LogP contribution in [0, 0.1) is 6.92 Å². The molecule has 18 heavy (non-hydrogen) atoms. The van der Waals surface area contributed by atoms with Crippen LogP contribution in [0.15, 0.2) is 11.4 Å². The van der Waals surface area contributed by atoms with E-state index in [9.17, 15) is 9.90 Å². The van der Waals surface area contributed by atoms with Crippen molar-refractivity contribution in [1.82, 2.24) is 20.2 Å². The summed E-state index contributed by atoms with van der Waals surface area (Å²) >= 11 is 1.53. The Labute approximate surface area is 107 Å². The first-order valence-corrected chi connectivity index (χ1v) is 6.60. The van der Waals surface area contributed by atoms with Crippen molar-refractivity contribution >= 4 is 17.3 Å². The molecule has 0 unspecified atom stereocenters. The van der Waals surface area contributed by atoms with Gasteiger partial charge >= 0.3 is 5.97 Å². The second-order valence-electron chi connectivity index (χ2n) is 4.54. The summed E-state index contributed by atoms with van der Waals surface area (Å²) in [5.74, 6) is -0.291. The molecule has 2 aromatic heterocycles. The highest BCUT2D eigenvalue weighted by atomic mass is 32.1. The molecule has 0 aromatic carbocycles. The summed E-state index contributed by atoms with van der Waals surface area (Å²) in [6.45, 7) is 1.97. The van der Waals surface area contributed by atoms with Gasteiger partial charge in [-0.3, -0.25) is 0 Å². The first-order valence-electron chi connectivity index (χ1n) is 5.72. The lowest BCUT2D eigenvalue weighted by Gasteiger charge is -2.37. The van der Waals surface area contributed by atoms with Crippen LogP contribution in [0.3, 0.4) is 0 Å². The smallest absolute Gasteiger partial charge is 0.331 e. The Morgan fingerprint density at radius 2 is 2.33 bits per heavy atom. The lowest BCUT2D eigenvalue weighted by Crippen LogP contribution is -2.48. The maximum absolute atomic E-state index is 11.5. The third-order valence-electron chi connectivity index (χ3n) is 3.52. The molecule has 6 nitrogen and oxygen atoms in total. The van der Waals surface area contributed by atoms with E-state index < -0.39 is 11.5 Å². The van der Waals surface area contributed by atoms with Crippen LogP contribution in [-0.4, -0.2) is 31.3 Å². The second-order valence-corrected chi connectivity index (χ2v) is 5.45. The van der Waals surface area contributed by atoms with Gasteiger partial charge in [0, 0.05) is 0 Å². The van der Waals surface area contributed by atoms with Gasteiger partial charge in [0.05, 0.1) is 4.88 Å². The summed E-state index contributed by atoms with van der Waals surface area (Å²) in [4.78, 5) is 12.4. The normalized spacial score (nSPS) is 17.4. The van der Waals surface area contributed by atoms with E-state index >= 15 is 0 Å². The van der Waals surface area contributed by atoms with Gasteiger partial charge in [0.25, 0.3) is 0 Å². The van der Waals surface area contributed by atoms with Gasteiger partial charge in [0.1, 0.15) is 0 Å². The largest absolute Gasteiger partial charge is 0.479 e. The Hall–Kier alpha value is -1.76. The topological polar surface area (TPSA) is 80.9 Å². The minimum absolute atomic E-state index is 0.560. The van der Waals surface area contributed by atoms with E-state index in [1.807, 2.05) is 18.4 Å². The standard InChI is InChI=1S/C11H12N4O2S/c1-7-3-6-18-8(7)9-12-13-14-15(9)11(10(16)17)4-2-5-11/h3,6H,2,4-5H2,1H3,(H,16,17). The van der Waals surface area contributed by atoms with Crippen LogP contribution in [0.2, 0.25) is 0 Å². The van der Waals surface area contributed by atoms with Crippen LogP contribution in [0.25, 0.3) is 10.7 Å². The van der Waals surface area contributed by atoms with Crippen LogP contribution < -0.4 is 0 Å². The van der Waals surface area contributed by atoms with E-state index in [0.717, 1.165) is 16.9 Å². The van der Waals surface area contributed by atoms with Crippen molar-refractivity contribution in [3.63, 3.8) is 0 Å². The molecule has 1 aliphatic carbocycles. The molecule has 0 bridgehead atoms. The number of tetrazole rings is 1. The quantitative estimate of drug-likeness (QED) is 0.912. The van der Waals surface area contributed by atoms with Gasteiger partial charge in [0.2, 0.25) is 0 Å². The number of rotatable bonds is 3. The van der Waals surface area contributed by atoms with Crippen molar-refractivity contribution in [2.45, 2.75) is 31.7 Å². The van der Waals surface area contributed by atoms with Crippen LogP contribution in [0.5, 0.6) is 0 Å². The van der Waals surface area contributed by atoms with Crippen LogP contribution in [0.1, 0.15) is 24.8 Å². The fourth-order valence-corrected chi connectivity index (χ4v) is 3.14. The third kappa shape index (κ3) is 1.40. The first-order chi connectivity index (χ1) is 8.65. The summed E-state index contributed by atoms with van der Waals surface area (Å²) in [6.07, 6.45) is 2.07. The molecular weight excluding hydrogens is 252 g/mol. The zero-order valence-corrected chi connectivity index (χ0v) is 10.6. The molecule has 2 aromatic rings. The zero-order chi connectivity index (χ0) is 12.8. The maximum atomic E-state index is 11.5. The van der Waals surface area contributed by atoms with Crippen molar-refractivity contribution in [1.29, 1.82) is 0 Å². The van der Waals surface area contributed by atoms with Gasteiger partial charge in [0.15, 0.2) is 11.4 Å². The Kier molecular flexibility index (Phi) is 2.44. The van der Waals surface area contributed by atoms with Crippen LogP contribution in [0.4, 0.5) is 0 Å². The summed E-state index contributed by atoms with van der Waals surface area (Å²) in [6, 6.07) is 1.98. The number of hydrogen-bond donors (Lipinski definition) is 1. The molecule has 0 atom stereocenters. The second kappa shape index (κ2) is 3.88. The molecule has 94 valence electrons. The molecule has 0 spiro atoms. The minimum Gasteiger partial charge on any atom is -0.479 e. The highest BCUT2D eigenvalue weighted by Gasteiger charge is 2.49. The van der Waals surface area contributed by atoms with Crippen molar-refractivity contribution in [3.8, 4) is 10.7 Å². The summed E-state index contributed by atoms with van der Waals surface area (Å²) in [5, 5.41) is 23.0. The Morgan fingerprint density at radius 3 is 2.83 bits per heavy atom. The molecule has 1 aliphatic rings. The lowest BCUT2D eigenvalue weighted by molar-refractivity contribution is -0.153. The molecule has 0 amide bonds. The van der Waals surface area contributed by atoms with Gasteiger partial charge in [-0.1, -0.05) is 0 Å². The average Bonchev–Trinajstić information content (AvgIpc) is 2.84. The monoisotopic (exact) mass is 264 g/mol.